The van der Waals surface area contributed by atoms with Crippen LogP contribution in [0.25, 0.3) is 0 Å². The molecule has 0 bridgehead atoms. The van der Waals surface area contributed by atoms with E-state index in [0.717, 1.165) is 37.1 Å². The molecule has 164 valence electrons. The van der Waals surface area contributed by atoms with Crippen molar-refractivity contribution >= 4 is 17.5 Å². The van der Waals surface area contributed by atoms with Crippen LogP contribution in [0.5, 0.6) is 0 Å². The number of anilines is 1. The number of methoxy groups -OCH3 is 1. The number of hydrogen-bond acceptors (Lipinski definition) is 7. The lowest BCUT2D eigenvalue weighted by atomic mass is 9.81. The number of carbonyl (C=O) groups is 1. The molecule has 2 heterocycles. The van der Waals surface area contributed by atoms with Crippen molar-refractivity contribution in [2.75, 3.05) is 12.4 Å². The Hall–Kier alpha value is -3.20. The summed E-state index contributed by atoms with van der Waals surface area (Å²) >= 11 is 0. The standard InChI is InChI=1S/C22H26N4O5/c1-13-18(22(27)30-3)19(14-7-6-8-15(11-14)26(28)29)20-17(24-25(2)21(20)23-13)12-31-16-9-4-5-10-16/h6-8,11,16,19,23H,4-5,9-10,12H2,1-3H3. The summed E-state index contributed by atoms with van der Waals surface area (Å²) in [6, 6.07) is 6.36. The van der Waals surface area contributed by atoms with Crippen molar-refractivity contribution in [1.82, 2.24) is 9.78 Å². The fraction of sp³-hybridized carbons (Fsp3) is 0.455. The number of nitro benzene ring substituents is 1. The molecule has 0 radical (unpaired) electrons. The maximum Gasteiger partial charge on any atom is 0.336 e. The molecule has 9 heteroatoms. The van der Waals surface area contributed by atoms with E-state index < -0.39 is 16.8 Å². The van der Waals surface area contributed by atoms with Gasteiger partial charge in [-0.1, -0.05) is 25.0 Å². The van der Waals surface area contributed by atoms with Gasteiger partial charge < -0.3 is 14.8 Å². The van der Waals surface area contributed by atoms with E-state index in [-0.39, 0.29) is 11.8 Å². The zero-order valence-electron chi connectivity index (χ0n) is 17.9. The molecule has 1 N–H and O–H groups in total. The van der Waals surface area contributed by atoms with Gasteiger partial charge in [0.05, 0.1) is 36.0 Å². The van der Waals surface area contributed by atoms with E-state index in [1.807, 2.05) is 7.05 Å². The third-order valence-corrected chi connectivity index (χ3v) is 6.03. The summed E-state index contributed by atoms with van der Waals surface area (Å²) in [5.41, 5.74) is 3.13. The van der Waals surface area contributed by atoms with Gasteiger partial charge in [-0.2, -0.15) is 5.10 Å². The zero-order valence-corrected chi connectivity index (χ0v) is 17.9. The third kappa shape index (κ3) is 3.93. The maximum absolute atomic E-state index is 12.8. The molecule has 1 aliphatic heterocycles. The number of rotatable bonds is 6. The molecule has 0 amide bonds. The van der Waals surface area contributed by atoms with Gasteiger partial charge in [0.2, 0.25) is 0 Å². The Morgan fingerprint density at radius 3 is 2.77 bits per heavy atom. The second-order valence-electron chi connectivity index (χ2n) is 7.99. The molecule has 4 rings (SSSR count). The fourth-order valence-electron chi connectivity index (χ4n) is 4.54. The van der Waals surface area contributed by atoms with Crippen molar-refractivity contribution in [3.05, 3.63) is 62.5 Å². The Labute approximate surface area is 180 Å². The largest absolute Gasteiger partial charge is 0.466 e. The van der Waals surface area contributed by atoms with Crippen LogP contribution in [0.4, 0.5) is 11.5 Å². The molecule has 1 aromatic carbocycles. The van der Waals surface area contributed by atoms with Crippen LogP contribution in [0.1, 0.15) is 55.3 Å². The second kappa shape index (κ2) is 8.50. The minimum atomic E-state index is -0.556. The van der Waals surface area contributed by atoms with Crippen molar-refractivity contribution in [3.63, 3.8) is 0 Å². The number of benzene rings is 1. The van der Waals surface area contributed by atoms with E-state index in [2.05, 4.69) is 10.4 Å². The van der Waals surface area contributed by atoms with Gasteiger partial charge in [0, 0.05) is 36.4 Å². The van der Waals surface area contributed by atoms with Gasteiger partial charge in [-0.3, -0.25) is 14.8 Å². The Morgan fingerprint density at radius 2 is 2.10 bits per heavy atom. The highest BCUT2D eigenvalue weighted by atomic mass is 16.6. The first-order chi connectivity index (χ1) is 14.9. The molecule has 2 aromatic rings. The number of nitrogens with one attached hydrogen (secondary N) is 1. The zero-order chi connectivity index (χ0) is 22.1. The highest BCUT2D eigenvalue weighted by molar-refractivity contribution is 5.94. The number of aromatic nitrogens is 2. The van der Waals surface area contributed by atoms with E-state index in [4.69, 9.17) is 9.47 Å². The van der Waals surface area contributed by atoms with E-state index >= 15 is 0 Å². The van der Waals surface area contributed by atoms with E-state index in [9.17, 15) is 14.9 Å². The van der Waals surface area contributed by atoms with Crippen LogP contribution in [-0.4, -0.2) is 33.9 Å². The van der Waals surface area contributed by atoms with Crippen LogP contribution in [-0.2, 0) is 27.9 Å². The second-order valence-corrected chi connectivity index (χ2v) is 7.99. The minimum Gasteiger partial charge on any atom is -0.466 e. The number of nitro groups is 1. The summed E-state index contributed by atoms with van der Waals surface area (Å²) in [7, 11) is 3.15. The van der Waals surface area contributed by atoms with E-state index in [1.54, 1.807) is 23.7 Å². The average Bonchev–Trinajstić information content (AvgIpc) is 3.39. The number of non-ortho nitro benzene ring substituents is 1. The highest BCUT2D eigenvalue weighted by Crippen LogP contribution is 2.44. The van der Waals surface area contributed by atoms with Crippen LogP contribution in [0.3, 0.4) is 0 Å². The Balaban J connectivity index is 1.83. The lowest BCUT2D eigenvalue weighted by molar-refractivity contribution is -0.384. The minimum absolute atomic E-state index is 0.0351. The van der Waals surface area contributed by atoms with Gasteiger partial charge in [-0.15, -0.1) is 0 Å². The molecule has 1 atom stereocenters. The fourth-order valence-corrected chi connectivity index (χ4v) is 4.54. The van der Waals surface area contributed by atoms with Crippen molar-refractivity contribution in [3.8, 4) is 0 Å². The van der Waals surface area contributed by atoms with E-state index in [0.29, 0.717) is 29.1 Å². The molecular weight excluding hydrogens is 400 g/mol. The maximum atomic E-state index is 12.8. The molecule has 1 fully saturated rings. The van der Waals surface area contributed by atoms with Gasteiger partial charge in [0.15, 0.2) is 0 Å². The number of esters is 1. The summed E-state index contributed by atoms with van der Waals surface area (Å²) in [5.74, 6) is -0.301. The van der Waals surface area contributed by atoms with Gasteiger partial charge in [-0.25, -0.2) is 4.79 Å². The van der Waals surface area contributed by atoms with Gasteiger partial charge in [0.1, 0.15) is 5.82 Å². The third-order valence-electron chi connectivity index (χ3n) is 6.03. The molecule has 1 saturated carbocycles. The lowest BCUT2D eigenvalue weighted by Gasteiger charge is -2.28. The lowest BCUT2D eigenvalue weighted by Crippen LogP contribution is -2.25. The molecule has 1 aromatic heterocycles. The van der Waals surface area contributed by atoms with Gasteiger partial charge >= 0.3 is 5.97 Å². The van der Waals surface area contributed by atoms with Crippen LogP contribution in [0.2, 0.25) is 0 Å². The van der Waals surface area contributed by atoms with Crippen molar-refractivity contribution in [1.29, 1.82) is 0 Å². The molecule has 0 saturated heterocycles. The number of hydrogen-bond donors (Lipinski definition) is 1. The molecule has 1 unspecified atom stereocenters. The monoisotopic (exact) mass is 426 g/mol. The molecule has 31 heavy (non-hydrogen) atoms. The van der Waals surface area contributed by atoms with Crippen LogP contribution >= 0.6 is 0 Å². The summed E-state index contributed by atoms with van der Waals surface area (Å²) in [6.07, 6.45) is 4.61. The van der Waals surface area contributed by atoms with E-state index in [1.165, 1.54) is 19.2 Å². The summed E-state index contributed by atoms with van der Waals surface area (Å²) < 4.78 is 12.9. The van der Waals surface area contributed by atoms with Gasteiger partial charge in [0.25, 0.3) is 5.69 Å². The summed E-state index contributed by atoms with van der Waals surface area (Å²) in [4.78, 5) is 23.7. The SMILES string of the molecule is COC(=O)C1=C(C)Nc2c(c(COC3CCCC3)nn2C)C1c1cccc([N+](=O)[O-])c1. The molecule has 0 spiro atoms. The van der Waals surface area contributed by atoms with Crippen molar-refractivity contribution in [2.24, 2.45) is 7.05 Å². The van der Waals surface area contributed by atoms with Crippen molar-refractivity contribution in [2.45, 2.75) is 51.2 Å². The topological polar surface area (TPSA) is 109 Å². The molecule has 2 aliphatic rings. The number of allylic oxidation sites excluding steroid dienone is 1. The van der Waals surface area contributed by atoms with Gasteiger partial charge in [-0.05, 0) is 25.3 Å². The highest BCUT2D eigenvalue weighted by Gasteiger charge is 2.38. The Kier molecular flexibility index (Phi) is 5.77. The summed E-state index contributed by atoms with van der Waals surface area (Å²) in [5, 5.41) is 19.3. The number of aryl methyl sites for hydroxylation is 1. The molecule has 1 aliphatic carbocycles. The van der Waals surface area contributed by atoms with Crippen LogP contribution in [0, 0.1) is 10.1 Å². The summed E-state index contributed by atoms with van der Waals surface area (Å²) in [6.45, 7) is 2.11. The number of ether oxygens (including phenoxy) is 2. The molecular formula is C22H26N4O5. The first-order valence-corrected chi connectivity index (χ1v) is 10.4. The number of carbonyl (C=O) groups excluding carboxylic acids is 1. The smallest absolute Gasteiger partial charge is 0.336 e. The Bertz CT molecular complexity index is 1050. The number of fused-ring (bicyclic) bond motifs is 1. The quantitative estimate of drug-likeness (QED) is 0.425. The van der Waals surface area contributed by atoms with Crippen LogP contribution in [0.15, 0.2) is 35.5 Å². The predicted molar refractivity (Wildman–Crippen MR) is 114 cm³/mol. The average molecular weight is 426 g/mol. The normalized spacial score (nSPS) is 18.6. The van der Waals surface area contributed by atoms with Crippen LogP contribution < -0.4 is 5.32 Å². The first kappa shape index (κ1) is 21.0. The van der Waals surface area contributed by atoms with Crippen molar-refractivity contribution < 1.29 is 19.2 Å². The number of nitrogens with zero attached hydrogens (tertiary/aromatic N) is 3. The molecule has 9 nitrogen and oxygen atoms in total. The first-order valence-electron chi connectivity index (χ1n) is 10.4. The Morgan fingerprint density at radius 1 is 1.35 bits per heavy atom. The predicted octanol–water partition coefficient (Wildman–Crippen LogP) is 3.79.